The summed E-state index contributed by atoms with van der Waals surface area (Å²) >= 11 is 0. The lowest BCUT2D eigenvalue weighted by molar-refractivity contribution is 0.0529. The van der Waals surface area contributed by atoms with Crippen molar-refractivity contribution in [2.24, 2.45) is 4.99 Å². The van der Waals surface area contributed by atoms with E-state index in [4.69, 9.17) is 9.15 Å². The summed E-state index contributed by atoms with van der Waals surface area (Å²) in [7, 11) is 1.77. The Morgan fingerprint density at radius 1 is 1.19 bits per heavy atom. The molecule has 3 aromatic rings. The van der Waals surface area contributed by atoms with E-state index in [0.29, 0.717) is 13.1 Å². The quantitative estimate of drug-likeness (QED) is 0.294. The molecular weight excluding hydrogens is 505 g/mol. The number of morpholine rings is 1. The Balaban J connectivity index is 0.00000272. The van der Waals surface area contributed by atoms with E-state index in [1.54, 1.807) is 7.05 Å². The fourth-order valence-electron chi connectivity index (χ4n) is 3.70. The fraction of sp³-hybridized carbons (Fsp3) is 0.391. The van der Waals surface area contributed by atoms with Gasteiger partial charge in [0.1, 0.15) is 17.2 Å². The van der Waals surface area contributed by atoms with Crippen LogP contribution in [0.2, 0.25) is 0 Å². The zero-order valence-corrected chi connectivity index (χ0v) is 20.6. The molecule has 31 heavy (non-hydrogen) atoms. The topological polar surface area (TPSA) is 74.9 Å². The molecule has 4 rings (SSSR count). The van der Waals surface area contributed by atoms with Crippen LogP contribution in [-0.2, 0) is 17.8 Å². The molecule has 1 saturated heterocycles. The van der Waals surface area contributed by atoms with Crippen molar-refractivity contribution < 1.29 is 9.15 Å². The Morgan fingerprint density at radius 3 is 2.71 bits per heavy atom. The van der Waals surface area contributed by atoms with E-state index in [-0.39, 0.29) is 30.1 Å². The highest BCUT2D eigenvalue weighted by atomic mass is 127. The number of nitrogens with zero attached hydrogens (tertiary/aromatic N) is 3. The molecule has 0 spiro atoms. The normalized spacial score (nSPS) is 16.8. The first-order chi connectivity index (χ1) is 14.6. The molecule has 8 heteroatoms. The van der Waals surface area contributed by atoms with Crippen molar-refractivity contribution in [3.63, 3.8) is 0 Å². The van der Waals surface area contributed by atoms with Gasteiger partial charge < -0.3 is 24.7 Å². The standard InChI is InChI=1S/C23H29N5O2.HI/c1-16-15-28(10-11-29-16)22-9-8-18(12-25-22)13-26-23(24-3)27-14-21-17(2)19-6-4-5-7-20(19)30-21;/h4-9,12,16H,10-11,13-15H2,1-3H3,(H2,24,26,27);1H. The summed E-state index contributed by atoms with van der Waals surface area (Å²) in [6.07, 6.45) is 2.16. The first kappa shape index (κ1) is 23.3. The first-order valence-corrected chi connectivity index (χ1v) is 10.4. The fourth-order valence-corrected chi connectivity index (χ4v) is 3.70. The number of aliphatic imine (C=N–C) groups is 1. The first-order valence-electron chi connectivity index (χ1n) is 10.4. The third kappa shape index (κ3) is 5.68. The highest BCUT2D eigenvalue weighted by molar-refractivity contribution is 14.0. The molecule has 3 heterocycles. The number of nitrogens with one attached hydrogen (secondary N) is 2. The van der Waals surface area contributed by atoms with Gasteiger partial charge >= 0.3 is 0 Å². The molecule has 7 nitrogen and oxygen atoms in total. The smallest absolute Gasteiger partial charge is 0.191 e. The van der Waals surface area contributed by atoms with Gasteiger partial charge in [0, 0.05) is 43.8 Å². The second kappa shape index (κ2) is 10.8. The van der Waals surface area contributed by atoms with Gasteiger partial charge in [0.05, 0.1) is 19.3 Å². The number of halogens is 1. The number of rotatable bonds is 5. The van der Waals surface area contributed by atoms with Crippen molar-refractivity contribution in [3.8, 4) is 0 Å². The largest absolute Gasteiger partial charge is 0.459 e. The summed E-state index contributed by atoms with van der Waals surface area (Å²) in [5, 5.41) is 7.82. The van der Waals surface area contributed by atoms with Gasteiger partial charge in [-0.05, 0) is 31.5 Å². The predicted octanol–water partition coefficient (Wildman–Crippen LogP) is 3.84. The van der Waals surface area contributed by atoms with Crippen LogP contribution in [0.5, 0.6) is 0 Å². The van der Waals surface area contributed by atoms with Crippen molar-refractivity contribution in [2.45, 2.75) is 33.0 Å². The summed E-state index contributed by atoms with van der Waals surface area (Å²) in [6, 6.07) is 12.3. The number of pyridine rings is 1. The Morgan fingerprint density at radius 2 is 2.00 bits per heavy atom. The van der Waals surface area contributed by atoms with E-state index in [2.05, 4.69) is 57.6 Å². The Hall–Kier alpha value is -2.33. The van der Waals surface area contributed by atoms with Crippen LogP contribution in [0, 0.1) is 6.92 Å². The number of para-hydroxylation sites is 1. The molecular formula is C23H30IN5O2. The molecule has 1 aliphatic rings. The maximum absolute atomic E-state index is 5.97. The van der Waals surface area contributed by atoms with Crippen LogP contribution in [0.25, 0.3) is 11.0 Å². The maximum atomic E-state index is 5.97. The average molecular weight is 535 g/mol. The molecule has 0 saturated carbocycles. The molecule has 1 aliphatic heterocycles. The number of hydrogen-bond acceptors (Lipinski definition) is 5. The zero-order chi connectivity index (χ0) is 20.9. The molecule has 1 fully saturated rings. The number of benzene rings is 1. The summed E-state index contributed by atoms with van der Waals surface area (Å²) < 4.78 is 11.6. The van der Waals surface area contributed by atoms with Gasteiger partial charge in [-0.1, -0.05) is 24.3 Å². The molecule has 2 aromatic heterocycles. The monoisotopic (exact) mass is 535 g/mol. The number of fused-ring (bicyclic) bond motifs is 1. The molecule has 0 amide bonds. The number of aromatic nitrogens is 1. The molecule has 1 aromatic carbocycles. The summed E-state index contributed by atoms with van der Waals surface area (Å²) in [4.78, 5) is 11.2. The molecule has 1 unspecified atom stereocenters. The zero-order valence-electron chi connectivity index (χ0n) is 18.2. The highest BCUT2D eigenvalue weighted by Gasteiger charge is 2.17. The predicted molar refractivity (Wildman–Crippen MR) is 135 cm³/mol. The van der Waals surface area contributed by atoms with E-state index in [1.807, 2.05) is 24.4 Å². The van der Waals surface area contributed by atoms with Crippen LogP contribution in [0.3, 0.4) is 0 Å². The number of ether oxygens (including phenoxy) is 1. The van der Waals surface area contributed by atoms with Gasteiger partial charge in [0.2, 0.25) is 0 Å². The van der Waals surface area contributed by atoms with Gasteiger partial charge in [-0.15, -0.1) is 24.0 Å². The maximum Gasteiger partial charge on any atom is 0.191 e. The number of anilines is 1. The Bertz CT molecular complexity index is 1020. The number of hydrogen-bond donors (Lipinski definition) is 2. The molecule has 2 N–H and O–H groups in total. The molecule has 166 valence electrons. The van der Waals surface area contributed by atoms with E-state index in [9.17, 15) is 0 Å². The number of guanidine groups is 1. The molecule has 0 bridgehead atoms. The van der Waals surface area contributed by atoms with E-state index < -0.39 is 0 Å². The Kier molecular flexibility index (Phi) is 8.14. The molecule has 1 atom stereocenters. The summed E-state index contributed by atoms with van der Waals surface area (Å²) in [5.74, 6) is 2.64. The summed E-state index contributed by atoms with van der Waals surface area (Å²) in [6.45, 7) is 7.91. The van der Waals surface area contributed by atoms with Gasteiger partial charge in [-0.3, -0.25) is 4.99 Å². The molecule has 0 aliphatic carbocycles. The lowest BCUT2D eigenvalue weighted by Gasteiger charge is -2.32. The van der Waals surface area contributed by atoms with E-state index >= 15 is 0 Å². The van der Waals surface area contributed by atoms with Crippen LogP contribution < -0.4 is 15.5 Å². The lowest BCUT2D eigenvalue weighted by Crippen LogP contribution is -2.41. The summed E-state index contributed by atoms with van der Waals surface area (Å²) in [5.41, 5.74) is 3.17. The van der Waals surface area contributed by atoms with Crippen LogP contribution in [-0.4, -0.2) is 43.8 Å². The second-order valence-corrected chi connectivity index (χ2v) is 7.58. The third-order valence-electron chi connectivity index (χ3n) is 5.42. The van der Waals surface area contributed by atoms with Crippen LogP contribution >= 0.6 is 24.0 Å². The van der Waals surface area contributed by atoms with Gasteiger partial charge in [0.15, 0.2) is 5.96 Å². The Labute approximate surface area is 200 Å². The lowest BCUT2D eigenvalue weighted by atomic mass is 10.1. The minimum absolute atomic E-state index is 0. The van der Waals surface area contributed by atoms with Gasteiger partial charge in [-0.2, -0.15) is 0 Å². The van der Waals surface area contributed by atoms with Crippen molar-refractivity contribution in [2.75, 3.05) is 31.6 Å². The van der Waals surface area contributed by atoms with Crippen molar-refractivity contribution in [1.82, 2.24) is 15.6 Å². The average Bonchev–Trinajstić information content (AvgIpc) is 3.10. The minimum Gasteiger partial charge on any atom is -0.459 e. The van der Waals surface area contributed by atoms with Crippen molar-refractivity contribution >= 4 is 46.7 Å². The number of aryl methyl sites for hydroxylation is 1. The van der Waals surface area contributed by atoms with Gasteiger partial charge in [-0.25, -0.2) is 4.98 Å². The van der Waals surface area contributed by atoms with Gasteiger partial charge in [0.25, 0.3) is 0 Å². The van der Waals surface area contributed by atoms with E-state index in [1.165, 1.54) is 0 Å². The second-order valence-electron chi connectivity index (χ2n) is 7.58. The van der Waals surface area contributed by atoms with E-state index in [0.717, 1.165) is 59.3 Å². The highest BCUT2D eigenvalue weighted by Crippen LogP contribution is 2.24. The van der Waals surface area contributed by atoms with Crippen molar-refractivity contribution in [3.05, 3.63) is 59.5 Å². The minimum atomic E-state index is 0. The third-order valence-corrected chi connectivity index (χ3v) is 5.42. The van der Waals surface area contributed by atoms with Crippen LogP contribution in [0.1, 0.15) is 23.8 Å². The molecule has 0 radical (unpaired) electrons. The van der Waals surface area contributed by atoms with Crippen LogP contribution in [0.4, 0.5) is 5.82 Å². The number of furan rings is 1. The van der Waals surface area contributed by atoms with Crippen molar-refractivity contribution in [1.29, 1.82) is 0 Å². The van der Waals surface area contributed by atoms with Crippen LogP contribution in [0.15, 0.2) is 52.0 Å². The SMILES string of the molecule is CN=C(NCc1ccc(N2CCOC(C)C2)nc1)NCc1oc2ccccc2c1C.I.